The number of carboxylic acids is 1. The smallest absolute Gasteiger partial charge is 0.303 e. The topological polar surface area (TPSA) is 43.8 Å². The van der Waals surface area contributed by atoms with Gasteiger partial charge in [0.15, 0.2) is 0 Å². The highest BCUT2D eigenvalue weighted by Crippen LogP contribution is 2.22. The number of carbonyl (C=O) groups is 1. The first-order valence-electron chi connectivity index (χ1n) is 11.2. The molecule has 1 aliphatic rings. The summed E-state index contributed by atoms with van der Waals surface area (Å²) in [4.78, 5) is 16.0. The SMILES string of the molecule is CC(C)N1CCC(N(CCCCCC(=O)O)CCc2cccc3ccccc23)C1. The summed E-state index contributed by atoms with van der Waals surface area (Å²) in [5.41, 5.74) is 1.43. The number of aliphatic carboxylic acids is 1. The molecule has 1 heterocycles. The van der Waals surface area contributed by atoms with Crippen LogP contribution in [0.25, 0.3) is 10.8 Å². The van der Waals surface area contributed by atoms with Gasteiger partial charge in [-0.15, -0.1) is 0 Å². The summed E-state index contributed by atoms with van der Waals surface area (Å²) < 4.78 is 0. The molecule has 0 radical (unpaired) electrons. The molecule has 0 saturated carbocycles. The van der Waals surface area contributed by atoms with E-state index in [-0.39, 0.29) is 0 Å². The minimum absolute atomic E-state index is 0.292. The fourth-order valence-electron chi connectivity index (χ4n) is 4.55. The standard InChI is InChI=1S/C25H36N2O2/c1-20(2)27-18-15-23(19-27)26(16-7-3-4-13-25(28)29)17-14-22-11-8-10-21-9-5-6-12-24(21)22/h5-6,8-12,20,23H,3-4,7,13-19H2,1-2H3,(H,28,29). The Kier molecular flexibility index (Phi) is 8.08. The zero-order valence-electron chi connectivity index (χ0n) is 18.0. The van der Waals surface area contributed by atoms with Crippen molar-refractivity contribution in [1.29, 1.82) is 0 Å². The molecule has 0 aliphatic carbocycles. The Morgan fingerprint density at radius 2 is 1.90 bits per heavy atom. The fourth-order valence-corrected chi connectivity index (χ4v) is 4.55. The van der Waals surface area contributed by atoms with Gasteiger partial charge >= 0.3 is 5.97 Å². The third kappa shape index (κ3) is 6.28. The van der Waals surface area contributed by atoms with E-state index in [9.17, 15) is 4.79 Å². The van der Waals surface area contributed by atoms with Gasteiger partial charge in [0.2, 0.25) is 0 Å². The van der Waals surface area contributed by atoms with Crippen molar-refractivity contribution < 1.29 is 9.90 Å². The molecule has 0 aromatic heterocycles. The highest BCUT2D eigenvalue weighted by molar-refractivity contribution is 5.85. The molecular weight excluding hydrogens is 360 g/mol. The van der Waals surface area contributed by atoms with E-state index < -0.39 is 5.97 Å². The lowest BCUT2D eigenvalue weighted by Gasteiger charge is -2.30. The van der Waals surface area contributed by atoms with Crippen molar-refractivity contribution in [3.63, 3.8) is 0 Å². The van der Waals surface area contributed by atoms with Gasteiger partial charge in [-0.2, -0.15) is 0 Å². The van der Waals surface area contributed by atoms with Crippen LogP contribution in [0, 0.1) is 0 Å². The van der Waals surface area contributed by atoms with Crippen molar-refractivity contribution in [2.24, 2.45) is 0 Å². The van der Waals surface area contributed by atoms with Crippen molar-refractivity contribution in [1.82, 2.24) is 9.80 Å². The summed E-state index contributed by atoms with van der Waals surface area (Å²) in [5, 5.41) is 11.5. The van der Waals surface area contributed by atoms with Crippen molar-refractivity contribution >= 4 is 16.7 Å². The van der Waals surface area contributed by atoms with E-state index in [2.05, 4.69) is 66.1 Å². The zero-order chi connectivity index (χ0) is 20.6. The van der Waals surface area contributed by atoms with Crippen LogP contribution in [0.4, 0.5) is 0 Å². The number of hydrogen-bond acceptors (Lipinski definition) is 3. The van der Waals surface area contributed by atoms with E-state index >= 15 is 0 Å². The molecule has 4 nitrogen and oxygen atoms in total. The van der Waals surface area contributed by atoms with Crippen LogP contribution in [0.1, 0.15) is 51.5 Å². The summed E-state index contributed by atoms with van der Waals surface area (Å²) in [5.74, 6) is -0.679. The molecule has 1 fully saturated rings. The first-order chi connectivity index (χ1) is 14.0. The third-order valence-electron chi connectivity index (χ3n) is 6.33. The zero-order valence-corrected chi connectivity index (χ0v) is 18.0. The predicted molar refractivity (Wildman–Crippen MR) is 120 cm³/mol. The number of fused-ring (bicyclic) bond motifs is 1. The second-order valence-electron chi connectivity index (χ2n) is 8.66. The summed E-state index contributed by atoms with van der Waals surface area (Å²) in [6, 6.07) is 16.5. The number of unbranched alkanes of at least 4 members (excludes halogenated alkanes) is 2. The van der Waals surface area contributed by atoms with Gasteiger partial charge in [0.05, 0.1) is 0 Å². The van der Waals surface area contributed by atoms with Crippen molar-refractivity contribution in [3.8, 4) is 0 Å². The molecule has 0 spiro atoms. The Morgan fingerprint density at radius 3 is 2.66 bits per heavy atom. The number of nitrogens with zero attached hydrogens (tertiary/aromatic N) is 2. The van der Waals surface area contributed by atoms with Crippen LogP contribution in [0.5, 0.6) is 0 Å². The van der Waals surface area contributed by atoms with Gasteiger partial charge in [0.1, 0.15) is 0 Å². The average Bonchev–Trinajstić information content (AvgIpc) is 3.20. The molecule has 1 unspecified atom stereocenters. The minimum atomic E-state index is -0.679. The maximum absolute atomic E-state index is 10.8. The Bertz CT molecular complexity index is 784. The maximum Gasteiger partial charge on any atom is 0.303 e. The minimum Gasteiger partial charge on any atom is -0.481 e. The van der Waals surface area contributed by atoms with Gasteiger partial charge in [0, 0.05) is 38.1 Å². The molecule has 0 amide bonds. The first-order valence-corrected chi connectivity index (χ1v) is 11.2. The quantitative estimate of drug-likeness (QED) is 0.554. The number of rotatable bonds is 11. The van der Waals surface area contributed by atoms with Gasteiger partial charge in [-0.25, -0.2) is 0 Å². The van der Waals surface area contributed by atoms with Gasteiger partial charge < -0.3 is 5.11 Å². The van der Waals surface area contributed by atoms with Crippen molar-refractivity contribution in [2.45, 2.75) is 64.5 Å². The lowest BCUT2D eigenvalue weighted by atomic mass is 10.0. The van der Waals surface area contributed by atoms with E-state index in [0.717, 1.165) is 45.3 Å². The molecular formula is C25H36N2O2. The number of carboxylic acid groups (broad SMARTS) is 1. The Hall–Kier alpha value is -1.91. The summed E-state index contributed by atoms with van der Waals surface area (Å²) in [7, 11) is 0. The Morgan fingerprint density at radius 1 is 1.10 bits per heavy atom. The molecule has 2 aromatic carbocycles. The third-order valence-corrected chi connectivity index (χ3v) is 6.33. The van der Waals surface area contributed by atoms with Crippen LogP contribution in [0.3, 0.4) is 0 Å². The van der Waals surface area contributed by atoms with E-state index in [0.29, 0.717) is 18.5 Å². The summed E-state index contributed by atoms with van der Waals surface area (Å²) >= 11 is 0. The molecule has 1 N–H and O–H groups in total. The van der Waals surface area contributed by atoms with Crippen molar-refractivity contribution in [2.75, 3.05) is 26.2 Å². The summed E-state index contributed by atoms with van der Waals surface area (Å²) in [6.07, 6.45) is 5.46. The number of likely N-dealkylation sites (tertiary alicyclic amines) is 1. The van der Waals surface area contributed by atoms with Crippen molar-refractivity contribution in [3.05, 3.63) is 48.0 Å². The fraction of sp³-hybridized carbons (Fsp3) is 0.560. The molecule has 1 atom stereocenters. The Balaban J connectivity index is 1.61. The van der Waals surface area contributed by atoms with E-state index in [1.807, 2.05) is 0 Å². The molecule has 0 bridgehead atoms. The highest BCUT2D eigenvalue weighted by Gasteiger charge is 2.28. The van der Waals surface area contributed by atoms with Crippen LogP contribution in [0.15, 0.2) is 42.5 Å². The molecule has 3 rings (SSSR count). The van der Waals surface area contributed by atoms with Crippen LogP contribution < -0.4 is 0 Å². The van der Waals surface area contributed by atoms with Gasteiger partial charge in [-0.1, -0.05) is 48.9 Å². The number of hydrogen-bond donors (Lipinski definition) is 1. The maximum atomic E-state index is 10.8. The molecule has 158 valence electrons. The molecule has 4 heteroatoms. The lowest BCUT2D eigenvalue weighted by molar-refractivity contribution is -0.137. The molecule has 1 aliphatic heterocycles. The normalized spacial score (nSPS) is 17.6. The van der Waals surface area contributed by atoms with Gasteiger partial charge in [-0.3, -0.25) is 14.6 Å². The monoisotopic (exact) mass is 396 g/mol. The van der Waals surface area contributed by atoms with Crippen LogP contribution in [0.2, 0.25) is 0 Å². The van der Waals surface area contributed by atoms with E-state index in [4.69, 9.17) is 5.11 Å². The molecule has 29 heavy (non-hydrogen) atoms. The first kappa shape index (κ1) is 21.8. The van der Waals surface area contributed by atoms with Crippen LogP contribution in [-0.2, 0) is 11.2 Å². The second-order valence-corrected chi connectivity index (χ2v) is 8.66. The highest BCUT2D eigenvalue weighted by atomic mass is 16.4. The predicted octanol–water partition coefficient (Wildman–Crippen LogP) is 4.81. The molecule has 2 aromatic rings. The lowest BCUT2D eigenvalue weighted by Crippen LogP contribution is -2.40. The average molecular weight is 397 g/mol. The van der Waals surface area contributed by atoms with Crippen LogP contribution >= 0.6 is 0 Å². The number of benzene rings is 2. The van der Waals surface area contributed by atoms with E-state index in [1.54, 1.807) is 0 Å². The molecule has 1 saturated heterocycles. The Labute approximate surface area is 175 Å². The van der Waals surface area contributed by atoms with Crippen LogP contribution in [-0.4, -0.2) is 59.1 Å². The van der Waals surface area contributed by atoms with Gasteiger partial charge in [-0.05, 0) is 62.4 Å². The van der Waals surface area contributed by atoms with E-state index in [1.165, 1.54) is 29.3 Å². The van der Waals surface area contributed by atoms with Gasteiger partial charge in [0.25, 0.3) is 0 Å². The summed E-state index contributed by atoms with van der Waals surface area (Å²) in [6.45, 7) is 9.06. The largest absolute Gasteiger partial charge is 0.481 e. The second kappa shape index (κ2) is 10.7.